The summed E-state index contributed by atoms with van der Waals surface area (Å²) >= 11 is 0. The van der Waals surface area contributed by atoms with Crippen molar-refractivity contribution in [3.63, 3.8) is 0 Å². The van der Waals surface area contributed by atoms with Crippen molar-refractivity contribution in [2.45, 2.75) is 51.1 Å². The Bertz CT molecular complexity index is 1030. The molecule has 2 atom stereocenters. The van der Waals surface area contributed by atoms with Crippen molar-refractivity contribution in [1.29, 1.82) is 0 Å². The van der Waals surface area contributed by atoms with Crippen LogP contribution >= 0.6 is 0 Å². The van der Waals surface area contributed by atoms with Gasteiger partial charge in [-0.3, -0.25) is 5.32 Å². The van der Waals surface area contributed by atoms with Gasteiger partial charge in [0.25, 0.3) is 0 Å². The van der Waals surface area contributed by atoms with E-state index < -0.39 is 29.5 Å². The largest absolute Gasteiger partial charge is 0.474 e. The summed E-state index contributed by atoms with van der Waals surface area (Å²) in [4.78, 5) is 24.3. The van der Waals surface area contributed by atoms with E-state index in [2.05, 4.69) is 15.3 Å². The van der Waals surface area contributed by atoms with Gasteiger partial charge in [-0.1, -0.05) is 0 Å². The summed E-state index contributed by atoms with van der Waals surface area (Å²) in [5.41, 5.74) is 3.89. The summed E-state index contributed by atoms with van der Waals surface area (Å²) < 4.78 is 58.4. The number of alkyl halides is 3. The van der Waals surface area contributed by atoms with Gasteiger partial charge >= 0.3 is 12.3 Å². The third-order valence-corrected chi connectivity index (χ3v) is 5.79. The Hall–Kier alpha value is -3.22. The number of nitrogens with zero attached hydrogens (tertiary/aromatic N) is 4. The van der Waals surface area contributed by atoms with E-state index in [4.69, 9.17) is 19.9 Å². The average Bonchev–Trinajstić information content (AvgIpc) is 3.26. The monoisotopic (exact) mass is 512 g/mol. The van der Waals surface area contributed by atoms with Crippen LogP contribution in [0.15, 0.2) is 29.2 Å². The second-order valence-electron chi connectivity index (χ2n) is 9.80. The quantitative estimate of drug-likeness (QED) is 0.636. The highest BCUT2D eigenvalue weighted by molar-refractivity contribution is 5.83. The number of likely N-dealkylation sites (tertiary alicyclic amines) is 1. The molecule has 1 aromatic heterocycles. The number of guanidine groups is 1. The molecular formula is C23H31F3N6O4. The van der Waals surface area contributed by atoms with Crippen molar-refractivity contribution >= 4 is 17.9 Å². The Kier molecular flexibility index (Phi) is 7.21. The maximum Gasteiger partial charge on any atom is 0.416 e. The molecule has 1 unspecified atom stereocenters. The Morgan fingerprint density at radius 2 is 1.94 bits per heavy atom. The molecule has 0 aliphatic carbocycles. The van der Waals surface area contributed by atoms with Gasteiger partial charge < -0.3 is 29.7 Å². The van der Waals surface area contributed by atoms with E-state index in [-0.39, 0.29) is 23.4 Å². The van der Waals surface area contributed by atoms with E-state index in [9.17, 15) is 18.0 Å². The SMILES string of the molecule is CC(C)(C)OC(=O)N1CC[C@@H](OC2=CC(c3cnc(N)cc3C(F)(F)F)N=C(N3CCOCC3)N2)C1. The van der Waals surface area contributed by atoms with Gasteiger partial charge in [0.2, 0.25) is 5.96 Å². The summed E-state index contributed by atoms with van der Waals surface area (Å²) in [7, 11) is 0. The van der Waals surface area contributed by atoms with Gasteiger partial charge in [-0.2, -0.15) is 13.2 Å². The van der Waals surface area contributed by atoms with Crippen LogP contribution in [0.4, 0.5) is 23.8 Å². The first-order valence-corrected chi connectivity index (χ1v) is 11.8. The lowest BCUT2D eigenvalue weighted by molar-refractivity contribution is -0.138. The van der Waals surface area contributed by atoms with E-state index >= 15 is 0 Å². The molecule has 0 bridgehead atoms. The molecule has 1 amide bonds. The highest BCUT2D eigenvalue weighted by Crippen LogP contribution is 2.38. The number of hydrogen-bond acceptors (Lipinski definition) is 9. The summed E-state index contributed by atoms with van der Waals surface area (Å²) in [6.07, 6.45) is -2.31. The Labute approximate surface area is 207 Å². The molecule has 36 heavy (non-hydrogen) atoms. The molecule has 1 aromatic rings. The van der Waals surface area contributed by atoms with Crippen LogP contribution in [0, 0.1) is 0 Å². The third kappa shape index (κ3) is 6.31. The number of nitrogens with two attached hydrogens (primary N) is 1. The highest BCUT2D eigenvalue weighted by atomic mass is 19.4. The normalized spacial score (nSPS) is 23.1. The number of ether oxygens (including phenoxy) is 3. The fourth-order valence-electron chi connectivity index (χ4n) is 4.12. The minimum Gasteiger partial charge on any atom is -0.474 e. The van der Waals surface area contributed by atoms with Crippen LogP contribution in [-0.2, 0) is 20.4 Å². The lowest BCUT2D eigenvalue weighted by atomic mass is 10.0. The average molecular weight is 513 g/mol. The van der Waals surface area contributed by atoms with Crippen molar-refractivity contribution < 1.29 is 32.2 Å². The molecule has 3 N–H and O–H groups in total. The first-order valence-electron chi connectivity index (χ1n) is 11.8. The Balaban J connectivity index is 1.57. The predicted molar refractivity (Wildman–Crippen MR) is 125 cm³/mol. The highest BCUT2D eigenvalue weighted by Gasteiger charge is 2.38. The number of hydrogen-bond donors (Lipinski definition) is 2. The van der Waals surface area contributed by atoms with Gasteiger partial charge in [0.1, 0.15) is 23.6 Å². The molecule has 2 fully saturated rings. The molecule has 4 heterocycles. The second kappa shape index (κ2) is 10.0. The molecule has 0 saturated carbocycles. The number of rotatable bonds is 3. The van der Waals surface area contributed by atoms with E-state index in [1.54, 1.807) is 25.7 Å². The summed E-state index contributed by atoms with van der Waals surface area (Å²) in [5, 5.41) is 3.10. The van der Waals surface area contributed by atoms with E-state index in [0.717, 1.165) is 12.3 Å². The Morgan fingerprint density at radius 1 is 1.22 bits per heavy atom. The zero-order chi connectivity index (χ0) is 26.1. The van der Waals surface area contributed by atoms with Gasteiger partial charge in [-0.05, 0) is 26.8 Å². The lowest BCUT2D eigenvalue weighted by Crippen LogP contribution is -2.48. The van der Waals surface area contributed by atoms with E-state index in [0.29, 0.717) is 51.8 Å². The maximum absolute atomic E-state index is 13.8. The summed E-state index contributed by atoms with van der Waals surface area (Å²) in [6, 6.07) is -0.196. The van der Waals surface area contributed by atoms with Gasteiger partial charge in [0, 0.05) is 43.9 Å². The smallest absolute Gasteiger partial charge is 0.416 e. The molecule has 4 rings (SSSR count). The summed E-state index contributed by atoms with van der Waals surface area (Å²) in [5.74, 6) is 0.413. The van der Waals surface area contributed by atoms with Gasteiger partial charge in [0.15, 0.2) is 5.88 Å². The van der Waals surface area contributed by atoms with Crippen molar-refractivity contribution in [2.24, 2.45) is 4.99 Å². The zero-order valence-electron chi connectivity index (χ0n) is 20.5. The molecule has 198 valence electrons. The molecule has 3 aliphatic heterocycles. The molecule has 10 nitrogen and oxygen atoms in total. The number of pyridine rings is 1. The number of carbonyl (C=O) groups is 1. The van der Waals surface area contributed by atoms with Crippen LogP contribution in [0.25, 0.3) is 0 Å². The van der Waals surface area contributed by atoms with Crippen LogP contribution < -0.4 is 11.1 Å². The van der Waals surface area contributed by atoms with Crippen LogP contribution in [-0.4, -0.2) is 77.9 Å². The number of nitrogens with one attached hydrogen (secondary N) is 1. The second-order valence-corrected chi connectivity index (χ2v) is 9.80. The minimum atomic E-state index is -4.64. The lowest BCUT2D eigenvalue weighted by Gasteiger charge is -2.34. The number of nitrogen functional groups attached to an aromatic ring is 1. The van der Waals surface area contributed by atoms with Crippen LogP contribution in [0.5, 0.6) is 0 Å². The van der Waals surface area contributed by atoms with Crippen molar-refractivity contribution in [1.82, 2.24) is 20.1 Å². The van der Waals surface area contributed by atoms with Gasteiger partial charge in [-0.15, -0.1) is 0 Å². The molecule has 0 aromatic carbocycles. The molecule has 3 aliphatic rings. The summed E-state index contributed by atoms with van der Waals surface area (Å²) in [6.45, 7) is 8.09. The van der Waals surface area contributed by atoms with Crippen LogP contribution in [0.3, 0.4) is 0 Å². The third-order valence-electron chi connectivity index (χ3n) is 5.79. The number of amides is 1. The zero-order valence-corrected chi connectivity index (χ0v) is 20.5. The minimum absolute atomic E-state index is 0.133. The Morgan fingerprint density at radius 3 is 2.61 bits per heavy atom. The topological polar surface area (TPSA) is 115 Å². The maximum atomic E-state index is 13.8. The number of halogens is 3. The number of aromatic nitrogens is 1. The first-order chi connectivity index (χ1) is 16.9. The fraction of sp³-hybridized carbons (Fsp3) is 0.609. The van der Waals surface area contributed by atoms with Crippen molar-refractivity contribution in [2.75, 3.05) is 45.1 Å². The molecule has 0 spiro atoms. The van der Waals surface area contributed by atoms with Gasteiger partial charge in [0.05, 0.1) is 25.3 Å². The van der Waals surface area contributed by atoms with Gasteiger partial charge in [-0.25, -0.2) is 14.8 Å². The van der Waals surface area contributed by atoms with Crippen LogP contribution in [0.1, 0.15) is 44.4 Å². The van der Waals surface area contributed by atoms with Crippen LogP contribution in [0.2, 0.25) is 0 Å². The number of morpholine rings is 1. The molecular weight excluding hydrogens is 481 g/mol. The molecule has 0 radical (unpaired) electrons. The predicted octanol–water partition coefficient (Wildman–Crippen LogP) is 2.88. The van der Waals surface area contributed by atoms with E-state index in [1.807, 2.05) is 4.90 Å². The number of aliphatic imine (C=N–C) groups is 1. The van der Waals surface area contributed by atoms with Crippen molar-refractivity contribution in [3.8, 4) is 0 Å². The van der Waals surface area contributed by atoms with Crippen molar-refractivity contribution in [3.05, 3.63) is 35.3 Å². The molecule has 2 saturated heterocycles. The van der Waals surface area contributed by atoms with E-state index in [1.165, 1.54) is 6.08 Å². The number of anilines is 1. The standard InChI is InChI=1S/C23H31F3N6O4/c1-22(2,3)36-21(33)32-5-4-14(13-32)35-19-11-17(29-20(30-19)31-6-8-34-9-7-31)15-12-28-18(27)10-16(15)23(24,25)26/h10-12,14,17H,4-9,13H2,1-3H3,(H2,27,28)(H,29,30)/t14-,17?/m1/s1. The first kappa shape index (κ1) is 25.9. The fourth-order valence-corrected chi connectivity index (χ4v) is 4.12. The number of carbonyl (C=O) groups excluding carboxylic acids is 1. The molecule has 13 heteroatoms.